The molecule has 2 saturated heterocycles. The molecule has 0 spiro atoms. The fraction of sp³-hybridized carbons (Fsp3) is 0.556. The van der Waals surface area contributed by atoms with Gasteiger partial charge in [-0.1, -0.05) is 26.1 Å². The number of ether oxygens (including phenoxy) is 2. The molecule has 8 heteroatoms. The third-order valence-corrected chi connectivity index (χ3v) is 5.11. The number of hydrogen-bond acceptors (Lipinski definition) is 5. The van der Waals surface area contributed by atoms with E-state index in [0.717, 1.165) is 4.99 Å². The van der Waals surface area contributed by atoms with Gasteiger partial charge in [-0.25, -0.2) is 9.18 Å². The molecular weight excluding hydrogens is 357 g/mol. The number of halogens is 1. The third kappa shape index (κ3) is 4.24. The molecule has 6 nitrogen and oxygen atoms in total. The molecule has 0 bridgehead atoms. The maximum atomic E-state index is 14.6. The van der Waals surface area contributed by atoms with Crippen molar-refractivity contribution in [2.45, 2.75) is 20.0 Å². The third-order valence-electron chi connectivity index (χ3n) is 4.50. The summed E-state index contributed by atoms with van der Waals surface area (Å²) in [5, 5.41) is 3.12. The fourth-order valence-electron chi connectivity index (χ4n) is 2.98. The van der Waals surface area contributed by atoms with E-state index >= 15 is 0 Å². The zero-order valence-corrected chi connectivity index (χ0v) is 15.9. The quantitative estimate of drug-likeness (QED) is 0.792. The Labute approximate surface area is 158 Å². The molecular formula is C18H24FN3O3S. The van der Waals surface area contributed by atoms with Crippen LogP contribution in [0.4, 0.5) is 20.6 Å². The van der Waals surface area contributed by atoms with Crippen molar-refractivity contribution in [2.75, 3.05) is 49.2 Å². The van der Waals surface area contributed by atoms with Gasteiger partial charge in [-0.15, -0.1) is 0 Å². The Kier molecular flexibility index (Phi) is 5.93. The van der Waals surface area contributed by atoms with Gasteiger partial charge in [-0.05, 0) is 18.2 Å². The van der Waals surface area contributed by atoms with E-state index in [-0.39, 0.29) is 17.8 Å². The van der Waals surface area contributed by atoms with E-state index in [4.69, 9.17) is 21.7 Å². The van der Waals surface area contributed by atoms with Gasteiger partial charge in [0, 0.05) is 19.0 Å². The lowest BCUT2D eigenvalue weighted by atomic mass is 10.2. The number of thiocarbonyl (C=S) groups is 1. The van der Waals surface area contributed by atoms with Crippen LogP contribution in [0, 0.1) is 11.7 Å². The van der Waals surface area contributed by atoms with Crippen LogP contribution in [0.25, 0.3) is 0 Å². The second kappa shape index (κ2) is 8.18. The second-order valence-corrected chi connectivity index (χ2v) is 7.19. The summed E-state index contributed by atoms with van der Waals surface area (Å²) < 4.78 is 25.2. The van der Waals surface area contributed by atoms with E-state index in [9.17, 15) is 9.18 Å². The van der Waals surface area contributed by atoms with Crippen molar-refractivity contribution in [3.63, 3.8) is 0 Å². The van der Waals surface area contributed by atoms with Crippen molar-refractivity contribution < 1.29 is 18.7 Å². The molecule has 2 fully saturated rings. The first-order valence-corrected chi connectivity index (χ1v) is 9.24. The summed E-state index contributed by atoms with van der Waals surface area (Å²) in [6, 6.07) is 4.85. The molecule has 0 saturated carbocycles. The summed E-state index contributed by atoms with van der Waals surface area (Å²) in [6.07, 6.45) is -0.785. The van der Waals surface area contributed by atoms with Crippen LogP contribution >= 0.6 is 12.2 Å². The lowest BCUT2D eigenvalue weighted by Gasteiger charge is -2.29. The number of nitrogens with one attached hydrogen (secondary N) is 1. The van der Waals surface area contributed by atoms with E-state index in [2.05, 4.69) is 5.32 Å². The lowest BCUT2D eigenvalue weighted by molar-refractivity contribution is 0.122. The van der Waals surface area contributed by atoms with Crippen molar-refractivity contribution in [3.8, 4) is 0 Å². The molecule has 1 aromatic rings. The topological polar surface area (TPSA) is 54.0 Å². The number of benzene rings is 1. The first kappa shape index (κ1) is 18.8. The molecule has 1 N–H and O–H groups in total. The molecule has 1 atom stereocenters. The number of cyclic esters (lactones) is 1. The molecule has 26 heavy (non-hydrogen) atoms. The molecule has 1 aromatic carbocycles. The van der Waals surface area contributed by atoms with Crippen molar-refractivity contribution in [2.24, 2.45) is 5.92 Å². The Bertz CT molecular complexity index is 680. The standard InChI is InChI=1S/C18H24FN3O3S/c1-12(2)17(26)20-10-14-11-22(18(23)25-14)13-3-4-16(15(19)9-13)21-5-7-24-8-6-21/h3-4,9,12,14H,5-8,10-11H2,1-2H3,(H,20,26)/t14-/m0/s1. The molecule has 2 aliphatic heterocycles. The lowest BCUT2D eigenvalue weighted by Crippen LogP contribution is -2.37. The van der Waals surface area contributed by atoms with Crippen LogP contribution in [0.15, 0.2) is 18.2 Å². The first-order chi connectivity index (χ1) is 12.5. The van der Waals surface area contributed by atoms with E-state index in [0.29, 0.717) is 50.8 Å². The van der Waals surface area contributed by atoms with Gasteiger partial charge in [0.2, 0.25) is 0 Å². The zero-order chi connectivity index (χ0) is 18.7. The number of amides is 1. The van der Waals surface area contributed by atoms with E-state index in [1.54, 1.807) is 12.1 Å². The van der Waals surface area contributed by atoms with Crippen LogP contribution in [0.2, 0.25) is 0 Å². The Morgan fingerprint density at radius 3 is 2.77 bits per heavy atom. The van der Waals surface area contributed by atoms with Crippen LogP contribution in [-0.2, 0) is 9.47 Å². The fourth-order valence-corrected chi connectivity index (χ4v) is 3.06. The smallest absolute Gasteiger partial charge is 0.414 e. The van der Waals surface area contributed by atoms with Crippen LogP contribution < -0.4 is 15.1 Å². The van der Waals surface area contributed by atoms with Gasteiger partial charge in [0.05, 0.1) is 42.7 Å². The van der Waals surface area contributed by atoms with Crippen molar-refractivity contribution in [1.82, 2.24) is 5.32 Å². The maximum absolute atomic E-state index is 14.6. The Morgan fingerprint density at radius 1 is 1.38 bits per heavy atom. The van der Waals surface area contributed by atoms with Gasteiger partial charge in [0.1, 0.15) is 11.9 Å². The Morgan fingerprint density at radius 2 is 2.12 bits per heavy atom. The Balaban J connectivity index is 1.64. The summed E-state index contributed by atoms with van der Waals surface area (Å²) in [4.78, 5) is 16.3. The second-order valence-electron chi connectivity index (χ2n) is 6.75. The number of anilines is 2. The van der Waals surface area contributed by atoms with E-state index < -0.39 is 6.09 Å². The highest BCUT2D eigenvalue weighted by atomic mass is 32.1. The molecule has 0 unspecified atom stereocenters. The largest absolute Gasteiger partial charge is 0.442 e. The highest BCUT2D eigenvalue weighted by molar-refractivity contribution is 7.80. The summed E-state index contributed by atoms with van der Waals surface area (Å²) in [5.74, 6) is -0.111. The monoisotopic (exact) mass is 381 g/mol. The molecule has 142 valence electrons. The van der Waals surface area contributed by atoms with Crippen LogP contribution in [0.3, 0.4) is 0 Å². The zero-order valence-electron chi connectivity index (χ0n) is 15.0. The van der Waals surface area contributed by atoms with Gasteiger partial charge >= 0.3 is 6.09 Å². The van der Waals surface area contributed by atoms with Gasteiger partial charge in [-0.3, -0.25) is 4.90 Å². The minimum Gasteiger partial charge on any atom is -0.442 e. The number of rotatable bonds is 5. The van der Waals surface area contributed by atoms with Crippen LogP contribution in [-0.4, -0.2) is 56.6 Å². The number of carbonyl (C=O) groups excluding carboxylic acids is 1. The highest BCUT2D eigenvalue weighted by Crippen LogP contribution is 2.28. The molecule has 2 aliphatic rings. The summed E-state index contributed by atoms with van der Waals surface area (Å²) in [6.45, 7) is 7.31. The molecule has 0 aromatic heterocycles. The maximum Gasteiger partial charge on any atom is 0.414 e. The van der Waals surface area contributed by atoms with Crippen molar-refractivity contribution in [3.05, 3.63) is 24.0 Å². The summed E-state index contributed by atoms with van der Waals surface area (Å²) in [5.41, 5.74) is 1.03. The van der Waals surface area contributed by atoms with Gasteiger partial charge in [-0.2, -0.15) is 0 Å². The normalized spacial score (nSPS) is 20.5. The predicted octanol–water partition coefficient (Wildman–Crippen LogP) is 2.56. The number of morpholine rings is 1. The number of carbonyl (C=O) groups is 1. The van der Waals surface area contributed by atoms with Crippen LogP contribution in [0.1, 0.15) is 13.8 Å². The molecule has 3 rings (SSSR count). The molecule has 2 heterocycles. The minimum absolute atomic E-state index is 0.236. The van der Waals surface area contributed by atoms with Gasteiger partial charge in [0.15, 0.2) is 0 Å². The Hall–Kier alpha value is -1.93. The van der Waals surface area contributed by atoms with Gasteiger partial charge in [0.25, 0.3) is 0 Å². The highest BCUT2D eigenvalue weighted by Gasteiger charge is 2.33. The predicted molar refractivity (Wildman–Crippen MR) is 102 cm³/mol. The first-order valence-electron chi connectivity index (χ1n) is 8.84. The summed E-state index contributed by atoms with van der Waals surface area (Å²) in [7, 11) is 0. The molecule has 0 radical (unpaired) electrons. The van der Waals surface area contributed by atoms with Gasteiger partial charge < -0.3 is 19.7 Å². The SMILES string of the molecule is CC(C)C(=S)NC[C@H]1CN(c2ccc(N3CCOCC3)c(F)c2)C(=O)O1. The number of nitrogens with zero attached hydrogens (tertiary/aromatic N) is 2. The van der Waals surface area contributed by atoms with E-state index in [1.807, 2.05) is 18.7 Å². The van der Waals surface area contributed by atoms with Crippen LogP contribution in [0.5, 0.6) is 0 Å². The minimum atomic E-state index is -0.467. The average molecular weight is 381 g/mol. The van der Waals surface area contributed by atoms with Crippen molar-refractivity contribution in [1.29, 1.82) is 0 Å². The number of hydrogen-bond donors (Lipinski definition) is 1. The molecule has 1 amide bonds. The van der Waals surface area contributed by atoms with E-state index in [1.165, 1.54) is 11.0 Å². The average Bonchev–Trinajstić information content (AvgIpc) is 3.01. The summed E-state index contributed by atoms with van der Waals surface area (Å²) >= 11 is 5.23. The van der Waals surface area contributed by atoms with Crippen molar-refractivity contribution >= 4 is 34.7 Å². The molecule has 0 aliphatic carbocycles.